The molecule has 23 heavy (non-hydrogen) atoms. The number of hydrogen-bond acceptors (Lipinski definition) is 3. The Labute approximate surface area is 137 Å². The molecule has 0 spiro atoms. The Morgan fingerprint density at radius 3 is 2.74 bits per heavy atom. The standard InChI is InChI=1S/C18H25NO4/c20-17(14-23-13-11-15-6-2-1-3-7-15)19-12-5-4-8-16(19)9-10-18(21)22/h1-3,6-7,16H,4-5,8-14H2,(H,21,22)/t16-/m0/s1. The second-order valence-corrected chi connectivity index (χ2v) is 5.96. The van der Waals surface area contributed by atoms with E-state index in [-0.39, 0.29) is 25.0 Å². The van der Waals surface area contributed by atoms with Crippen LogP contribution < -0.4 is 0 Å². The van der Waals surface area contributed by atoms with Crippen LogP contribution in [0.3, 0.4) is 0 Å². The number of carboxylic acid groups (broad SMARTS) is 1. The van der Waals surface area contributed by atoms with E-state index in [2.05, 4.69) is 0 Å². The number of amides is 1. The zero-order valence-electron chi connectivity index (χ0n) is 13.4. The minimum absolute atomic E-state index is 0.0202. The SMILES string of the molecule is O=C(O)CC[C@@H]1CCCCN1C(=O)COCCc1ccccc1. The van der Waals surface area contributed by atoms with E-state index < -0.39 is 5.97 Å². The summed E-state index contributed by atoms with van der Waals surface area (Å²) in [7, 11) is 0. The molecule has 0 bridgehead atoms. The van der Waals surface area contributed by atoms with Crippen LogP contribution in [0.2, 0.25) is 0 Å². The molecular weight excluding hydrogens is 294 g/mol. The van der Waals surface area contributed by atoms with Gasteiger partial charge in [-0.05, 0) is 37.7 Å². The molecule has 5 heteroatoms. The Hall–Kier alpha value is -1.88. The summed E-state index contributed by atoms with van der Waals surface area (Å²) in [5, 5.41) is 8.82. The zero-order valence-corrected chi connectivity index (χ0v) is 13.4. The van der Waals surface area contributed by atoms with Gasteiger partial charge in [0.2, 0.25) is 5.91 Å². The van der Waals surface area contributed by atoms with Crippen LogP contribution in [0, 0.1) is 0 Å². The molecule has 0 unspecified atom stereocenters. The van der Waals surface area contributed by atoms with Crippen molar-refractivity contribution >= 4 is 11.9 Å². The van der Waals surface area contributed by atoms with Crippen molar-refractivity contribution in [3.63, 3.8) is 0 Å². The minimum Gasteiger partial charge on any atom is -0.481 e. The van der Waals surface area contributed by atoms with E-state index in [9.17, 15) is 9.59 Å². The Bertz CT molecular complexity index is 503. The summed E-state index contributed by atoms with van der Waals surface area (Å²) in [5.41, 5.74) is 1.19. The molecule has 0 aromatic heterocycles. The maximum Gasteiger partial charge on any atom is 0.303 e. The molecule has 1 aliphatic heterocycles. The van der Waals surface area contributed by atoms with Gasteiger partial charge in [-0.3, -0.25) is 9.59 Å². The summed E-state index contributed by atoms with van der Waals surface area (Å²) in [4.78, 5) is 24.9. The first-order valence-electron chi connectivity index (χ1n) is 8.30. The van der Waals surface area contributed by atoms with Gasteiger partial charge in [-0.25, -0.2) is 0 Å². The lowest BCUT2D eigenvalue weighted by molar-refractivity contribution is -0.142. The van der Waals surface area contributed by atoms with Gasteiger partial charge in [0.25, 0.3) is 0 Å². The van der Waals surface area contributed by atoms with Crippen LogP contribution in [0.25, 0.3) is 0 Å². The van der Waals surface area contributed by atoms with Crippen LogP contribution in [0.15, 0.2) is 30.3 Å². The Balaban J connectivity index is 1.73. The molecular formula is C18H25NO4. The fourth-order valence-corrected chi connectivity index (χ4v) is 3.00. The average molecular weight is 319 g/mol. The van der Waals surface area contributed by atoms with E-state index in [1.165, 1.54) is 5.56 Å². The van der Waals surface area contributed by atoms with Crippen LogP contribution in [0.4, 0.5) is 0 Å². The molecule has 1 aliphatic rings. The summed E-state index contributed by atoms with van der Waals surface area (Å²) in [6, 6.07) is 10.1. The third-order valence-electron chi connectivity index (χ3n) is 4.24. The first-order valence-corrected chi connectivity index (χ1v) is 8.30. The molecule has 1 aromatic carbocycles. The van der Waals surface area contributed by atoms with Crippen LogP contribution in [0.5, 0.6) is 0 Å². The minimum atomic E-state index is -0.804. The normalized spacial score (nSPS) is 17.9. The first-order chi connectivity index (χ1) is 11.2. The van der Waals surface area contributed by atoms with E-state index in [0.717, 1.165) is 25.7 Å². The smallest absolute Gasteiger partial charge is 0.303 e. The molecule has 1 atom stereocenters. The highest BCUT2D eigenvalue weighted by atomic mass is 16.5. The molecule has 126 valence electrons. The maximum atomic E-state index is 12.3. The van der Waals surface area contributed by atoms with E-state index in [0.29, 0.717) is 19.6 Å². The molecule has 0 saturated carbocycles. The van der Waals surface area contributed by atoms with Gasteiger partial charge in [-0.2, -0.15) is 0 Å². The number of rotatable bonds is 8. The zero-order chi connectivity index (χ0) is 16.5. The molecule has 0 aliphatic carbocycles. The van der Waals surface area contributed by atoms with Crippen molar-refractivity contribution in [2.75, 3.05) is 19.8 Å². The number of aliphatic carboxylic acids is 1. The van der Waals surface area contributed by atoms with Crippen LogP contribution in [0.1, 0.15) is 37.7 Å². The third kappa shape index (κ3) is 6.02. The lowest BCUT2D eigenvalue weighted by Crippen LogP contribution is -2.45. The Morgan fingerprint density at radius 2 is 2.00 bits per heavy atom. The monoisotopic (exact) mass is 319 g/mol. The number of nitrogens with zero attached hydrogens (tertiary/aromatic N) is 1. The van der Waals surface area contributed by atoms with Crippen LogP contribution >= 0.6 is 0 Å². The molecule has 1 aromatic rings. The Kier molecular flexibility index (Phi) is 7.07. The second-order valence-electron chi connectivity index (χ2n) is 5.96. The quantitative estimate of drug-likeness (QED) is 0.748. The number of ether oxygens (including phenoxy) is 1. The molecule has 1 heterocycles. The van der Waals surface area contributed by atoms with E-state index in [1.807, 2.05) is 35.2 Å². The fourth-order valence-electron chi connectivity index (χ4n) is 3.00. The van der Waals surface area contributed by atoms with Crippen molar-refractivity contribution in [3.05, 3.63) is 35.9 Å². The van der Waals surface area contributed by atoms with Gasteiger partial charge in [0.1, 0.15) is 6.61 Å². The number of carboxylic acids is 1. The number of carbonyl (C=O) groups excluding carboxylic acids is 1. The molecule has 1 fully saturated rings. The lowest BCUT2D eigenvalue weighted by Gasteiger charge is -2.35. The highest BCUT2D eigenvalue weighted by molar-refractivity contribution is 5.78. The highest BCUT2D eigenvalue weighted by Gasteiger charge is 2.26. The Morgan fingerprint density at radius 1 is 1.22 bits per heavy atom. The second kappa shape index (κ2) is 9.30. The van der Waals surface area contributed by atoms with Crippen molar-refractivity contribution < 1.29 is 19.4 Å². The molecule has 1 amide bonds. The van der Waals surface area contributed by atoms with Gasteiger partial charge in [0.05, 0.1) is 6.61 Å². The number of benzene rings is 1. The maximum absolute atomic E-state index is 12.3. The average Bonchev–Trinajstić information content (AvgIpc) is 2.58. The predicted molar refractivity (Wildman–Crippen MR) is 87.2 cm³/mol. The van der Waals surface area contributed by atoms with E-state index in [1.54, 1.807) is 0 Å². The topological polar surface area (TPSA) is 66.8 Å². The number of piperidine rings is 1. The summed E-state index contributed by atoms with van der Waals surface area (Å²) < 4.78 is 5.52. The number of hydrogen-bond donors (Lipinski definition) is 1. The van der Waals surface area contributed by atoms with Gasteiger partial charge < -0.3 is 14.7 Å². The van der Waals surface area contributed by atoms with E-state index in [4.69, 9.17) is 9.84 Å². The highest BCUT2D eigenvalue weighted by Crippen LogP contribution is 2.21. The van der Waals surface area contributed by atoms with E-state index >= 15 is 0 Å². The van der Waals surface area contributed by atoms with Crippen LogP contribution in [-0.2, 0) is 20.7 Å². The largest absolute Gasteiger partial charge is 0.481 e. The number of likely N-dealkylation sites (tertiary alicyclic amines) is 1. The van der Waals surface area contributed by atoms with Crippen molar-refractivity contribution in [1.29, 1.82) is 0 Å². The van der Waals surface area contributed by atoms with Gasteiger partial charge in [-0.1, -0.05) is 30.3 Å². The third-order valence-corrected chi connectivity index (χ3v) is 4.24. The molecule has 5 nitrogen and oxygen atoms in total. The van der Waals surface area contributed by atoms with Gasteiger partial charge in [-0.15, -0.1) is 0 Å². The lowest BCUT2D eigenvalue weighted by atomic mass is 9.98. The van der Waals surface area contributed by atoms with Crippen molar-refractivity contribution in [3.8, 4) is 0 Å². The number of carbonyl (C=O) groups is 2. The summed E-state index contributed by atoms with van der Waals surface area (Å²) >= 11 is 0. The first kappa shape index (κ1) is 17.5. The molecule has 0 radical (unpaired) electrons. The summed E-state index contributed by atoms with van der Waals surface area (Å²) in [6.45, 7) is 1.31. The summed E-state index contributed by atoms with van der Waals surface area (Å²) in [5.74, 6) is -0.824. The molecule has 1 saturated heterocycles. The van der Waals surface area contributed by atoms with Crippen molar-refractivity contribution in [1.82, 2.24) is 4.90 Å². The summed E-state index contributed by atoms with van der Waals surface area (Å²) in [6.07, 6.45) is 4.37. The molecule has 2 rings (SSSR count). The fraction of sp³-hybridized carbons (Fsp3) is 0.556. The van der Waals surface area contributed by atoms with Crippen molar-refractivity contribution in [2.24, 2.45) is 0 Å². The van der Waals surface area contributed by atoms with Gasteiger partial charge in [0.15, 0.2) is 0 Å². The molecule has 1 N–H and O–H groups in total. The van der Waals surface area contributed by atoms with Gasteiger partial charge in [0, 0.05) is 19.0 Å². The predicted octanol–water partition coefficient (Wildman–Crippen LogP) is 2.49. The van der Waals surface area contributed by atoms with Crippen LogP contribution in [-0.4, -0.2) is 47.7 Å². The van der Waals surface area contributed by atoms with Crippen molar-refractivity contribution in [2.45, 2.75) is 44.6 Å². The van der Waals surface area contributed by atoms with Gasteiger partial charge >= 0.3 is 5.97 Å².